The van der Waals surface area contributed by atoms with Gasteiger partial charge in [-0.2, -0.15) is 0 Å². The number of rotatable bonds is 1. The molecule has 1 N–H and O–H groups in total. The quantitative estimate of drug-likeness (QED) is 0.479. The summed E-state index contributed by atoms with van der Waals surface area (Å²) < 4.78 is 0. The molecule has 0 rings (SSSR count). The molecule has 0 aromatic heterocycles. The van der Waals surface area contributed by atoms with Crippen LogP contribution in [-0.4, -0.2) is 6.54 Å². The van der Waals surface area contributed by atoms with Crippen LogP contribution in [0.15, 0.2) is 0 Å². The van der Waals surface area contributed by atoms with Crippen LogP contribution in [0.2, 0.25) is 0 Å². The van der Waals surface area contributed by atoms with E-state index in [1.54, 1.807) is 0 Å². The molecule has 0 aromatic rings. The molecule has 0 spiro atoms. The van der Waals surface area contributed by atoms with Gasteiger partial charge in [-0.1, -0.05) is 20.8 Å². The van der Waals surface area contributed by atoms with Crippen molar-refractivity contribution in [3.8, 4) is 0 Å². The fourth-order valence-corrected chi connectivity index (χ4v) is 0.375. The molecular weight excluding hydrogens is 86.1 g/mol. The monoisotopic (exact) mass is 100 g/mol. The average Bonchev–Trinajstić information content (AvgIpc) is 1.30. The van der Waals surface area contributed by atoms with Crippen molar-refractivity contribution in [1.29, 1.82) is 0 Å². The van der Waals surface area contributed by atoms with Crippen LogP contribution in [0.1, 0.15) is 27.2 Å². The van der Waals surface area contributed by atoms with Crippen molar-refractivity contribution < 1.29 is 0 Å². The maximum absolute atomic E-state index is 6.86. The molecule has 0 saturated heterocycles. The Morgan fingerprint density at radius 1 is 1.29 bits per heavy atom. The van der Waals surface area contributed by atoms with Crippen molar-refractivity contribution in [3.05, 3.63) is 0 Å². The zero-order valence-corrected chi connectivity index (χ0v) is 5.41. The average molecular weight is 100 g/mol. The molecule has 0 aliphatic carbocycles. The van der Waals surface area contributed by atoms with E-state index in [2.05, 4.69) is 20.8 Å². The first-order valence-corrected chi connectivity index (χ1v) is 2.71. The summed E-state index contributed by atoms with van der Waals surface area (Å²) >= 11 is 0. The Hall–Kier alpha value is -0.0400. The topological polar surface area (TPSA) is 23.8 Å². The van der Waals surface area contributed by atoms with Crippen LogP contribution >= 0.6 is 0 Å². The Morgan fingerprint density at radius 3 is 1.71 bits per heavy atom. The minimum atomic E-state index is 0.363. The van der Waals surface area contributed by atoms with Crippen LogP contribution in [0.25, 0.3) is 0 Å². The summed E-state index contributed by atoms with van der Waals surface area (Å²) in [6, 6.07) is 0. The van der Waals surface area contributed by atoms with Crippen LogP contribution in [0.5, 0.6) is 0 Å². The van der Waals surface area contributed by atoms with Gasteiger partial charge >= 0.3 is 0 Å². The lowest BCUT2D eigenvalue weighted by molar-refractivity contribution is 0.382. The second kappa shape index (κ2) is 2.31. The van der Waals surface area contributed by atoms with Gasteiger partial charge in [-0.3, -0.25) is 5.73 Å². The Balaban J connectivity index is 3.15. The van der Waals surface area contributed by atoms with E-state index in [1.807, 2.05) is 0 Å². The van der Waals surface area contributed by atoms with Gasteiger partial charge in [-0.15, -0.1) is 0 Å². The fourth-order valence-electron chi connectivity index (χ4n) is 0.375. The summed E-state index contributed by atoms with van der Waals surface area (Å²) in [6.07, 6.45) is 1.01. The molecular formula is C6H14N. The predicted octanol–water partition coefficient (Wildman–Crippen LogP) is 1.71. The first-order chi connectivity index (χ1) is 3.06. The minimum Gasteiger partial charge on any atom is -0.258 e. The number of nitrogens with one attached hydrogen (secondary N) is 1. The first-order valence-electron chi connectivity index (χ1n) is 2.71. The molecule has 0 atom stereocenters. The third kappa shape index (κ3) is 5.96. The van der Waals surface area contributed by atoms with Crippen molar-refractivity contribution in [2.24, 2.45) is 5.41 Å². The lowest BCUT2D eigenvalue weighted by Crippen LogP contribution is -2.07. The van der Waals surface area contributed by atoms with E-state index in [0.717, 1.165) is 6.42 Å². The summed E-state index contributed by atoms with van der Waals surface area (Å²) in [5, 5.41) is 0. The minimum absolute atomic E-state index is 0.363. The van der Waals surface area contributed by atoms with Gasteiger partial charge in [-0.05, 0) is 11.8 Å². The van der Waals surface area contributed by atoms with Gasteiger partial charge in [0.2, 0.25) is 0 Å². The van der Waals surface area contributed by atoms with Crippen LogP contribution in [0, 0.1) is 5.41 Å². The SMILES string of the molecule is CC(C)(C)CC[NH]. The lowest BCUT2D eigenvalue weighted by Gasteiger charge is -2.14. The van der Waals surface area contributed by atoms with Crippen LogP contribution in [0.4, 0.5) is 0 Å². The van der Waals surface area contributed by atoms with Crippen molar-refractivity contribution in [2.45, 2.75) is 27.2 Å². The van der Waals surface area contributed by atoms with E-state index in [4.69, 9.17) is 5.73 Å². The molecule has 1 nitrogen and oxygen atoms in total. The Kier molecular flexibility index (Phi) is 2.30. The largest absolute Gasteiger partial charge is 0.258 e. The van der Waals surface area contributed by atoms with E-state index in [0.29, 0.717) is 12.0 Å². The second-order valence-electron chi connectivity index (χ2n) is 3.06. The lowest BCUT2D eigenvalue weighted by atomic mass is 9.93. The predicted molar refractivity (Wildman–Crippen MR) is 32.0 cm³/mol. The second-order valence-corrected chi connectivity index (χ2v) is 3.06. The summed E-state index contributed by atoms with van der Waals surface area (Å²) in [6.45, 7) is 7.02. The molecule has 0 saturated carbocycles. The van der Waals surface area contributed by atoms with E-state index >= 15 is 0 Å². The number of hydrogen-bond donors (Lipinski definition) is 0. The summed E-state index contributed by atoms with van der Waals surface area (Å²) in [4.78, 5) is 0. The maximum atomic E-state index is 6.86. The molecule has 43 valence electrons. The highest BCUT2D eigenvalue weighted by Gasteiger charge is 2.06. The Bertz CT molecular complexity index is 42.6. The van der Waals surface area contributed by atoms with E-state index in [-0.39, 0.29) is 0 Å². The van der Waals surface area contributed by atoms with E-state index in [9.17, 15) is 0 Å². The first kappa shape index (κ1) is 6.96. The number of hydrogen-bond acceptors (Lipinski definition) is 0. The molecule has 7 heavy (non-hydrogen) atoms. The van der Waals surface area contributed by atoms with Gasteiger partial charge in [0.15, 0.2) is 0 Å². The highest BCUT2D eigenvalue weighted by atomic mass is 14.5. The van der Waals surface area contributed by atoms with Crippen LogP contribution < -0.4 is 5.73 Å². The van der Waals surface area contributed by atoms with Crippen LogP contribution in [0.3, 0.4) is 0 Å². The van der Waals surface area contributed by atoms with Gasteiger partial charge in [0.1, 0.15) is 0 Å². The smallest absolute Gasteiger partial charge is 0.0105 e. The molecule has 0 fully saturated rings. The van der Waals surface area contributed by atoms with E-state index < -0.39 is 0 Å². The Morgan fingerprint density at radius 2 is 1.71 bits per heavy atom. The van der Waals surface area contributed by atoms with Gasteiger partial charge < -0.3 is 0 Å². The van der Waals surface area contributed by atoms with Crippen molar-refractivity contribution in [1.82, 2.24) is 5.73 Å². The molecule has 0 heterocycles. The standard InChI is InChI=1S/C6H14N/c1-6(2,3)4-5-7/h7H,4-5H2,1-3H3. The molecule has 1 heteroatoms. The van der Waals surface area contributed by atoms with Crippen molar-refractivity contribution in [3.63, 3.8) is 0 Å². The highest BCUT2D eigenvalue weighted by molar-refractivity contribution is 4.59. The zero-order valence-electron chi connectivity index (χ0n) is 5.41. The maximum Gasteiger partial charge on any atom is 0.0105 e. The Labute approximate surface area is 45.9 Å². The normalized spacial score (nSPS) is 12.0. The molecule has 0 aromatic carbocycles. The van der Waals surface area contributed by atoms with Gasteiger partial charge in [0, 0.05) is 6.54 Å². The van der Waals surface area contributed by atoms with Gasteiger partial charge in [-0.25, -0.2) is 0 Å². The molecule has 0 unspecified atom stereocenters. The molecule has 0 bridgehead atoms. The highest BCUT2D eigenvalue weighted by Crippen LogP contribution is 2.16. The third-order valence-electron chi connectivity index (χ3n) is 0.875. The summed E-state index contributed by atoms with van der Waals surface area (Å²) in [5.41, 5.74) is 7.22. The van der Waals surface area contributed by atoms with Crippen molar-refractivity contribution in [2.75, 3.05) is 6.54 Å². The van der Waals surface area contributed by atoms with Gasteiger partial charge in [0.05, 0.1) is 0 Å². The molecule has 0 amide bonds. The van der Waals surface area contributed by atoms with Gasteiger partial charge in [0.25, 0.3) is 0 Å². The van der Waals surface area contributed by atoms with Crippen LogP contribution in [-0.2, 0) is 0 Å². The molecule has 0 aliphatic heterocycles. The molecule has 0 aliphatic rings. The summed E-state index contributed by atoms with van der Waals surface area (Å²) in [5.74, 6) is 0. The zero-order chi connectivity index (χ0) is 5.91. The third-order valence-corrected chi connectivity index (χ3v) is 0.875. The van der Waals surface area contributed by atoms with E-state index in [1.165, 1.54) is 0 Å². The van der Waals surface area contributed by atoms with Crippen molar-refractivity contribution >= 4 is 0 Å². The summed E-state index contributed by atoms with van der Waals surface area (Å²) in [7, 11) is 0. The fraction of sp³-hybridized carbons (Fsp3) is 1.00. The molecule has 1 radical (unpaired) electrons.